The maximum Gasteiger partial charge on any atom is 0.226 e. The van der Waals surface area contributed by atoms with E-state index in [0.717, 1.165) is 5.75 Å². The molecule has 72 valence electrons. The van der Waals surface area contributed by atoms with Gasteiger partial charge in [-0.1, -0.05) is 0 Å². The van der Waals surface area contributed by atoms with Crippen molar-refractivity contribution in [2.24, 2.45) is 0 Å². The number of ether oxygens (including phenoxy) is 1. The van der Waals surface area contributed by atoms with Crippen molar-refractivity contribution in [2.45, 2.75) is 6.92 Å². The summed E-state index contributed by atoms with van der Waals surface area (Å²) < 4.78 is 10.2. The first-order valence-electron chi connectivity index (χ1n) is 3.95. The summed E-state index contributed by atoms with van der Waals surface area (Å²) in [6.45, 7) is 2.27. The molecule has 1 heterocycles. The first-order valence-corrected chi connectivity index (χ1v) is 5.34. The van der Waals surface area contributed by atoms with Gasteiger partial charge in [0.2, 0.25) is 11.2 Å². The first kappa shape index (κ1) is 10.2. The summed E-state index contributed by atoms with van der Waals surface area (Å²) in [6.07, 6.45) is 3.35. The van der Waals surface area contributed by atoms with E-state index in [0.29, 0.717) is 18.1 Å². The Morgan fingerprint density at radius 2 is 2.38 bits per heavy atom. The number of rotatable bonds is 4. The van der Waals surface area contributed by atoms with Gasteiger partial charge in [-0.05, 0) is 13.2 Å². The molecule has 13 heavy (non-hydrogen) atoms. The van der Waals surface area contributed by atoms with Gasteiger partial charge in [0.1, 0.15) is 12.0 Å². The Morgan fingerprint density at radius 3 is 3.00 bits per heavy atom. The summed E-state index contributed by atoms with van der Waals surface area (Å²) in [5.41, 5.74) is -0.121. The number of aryl methyl sites for hydroxylation is 1. The summed E-state index contributed by atoms with van der Waals surface area (Å²) in [4.78, 5) is 11.2. The molecule has 0 saturated heterocycles. The number of hydrogen-bond acceptors (Lipinski definition) is 4. The van der Waals surface area contributed by atoms with E-state index in [1.54, 1.807) is 18.7 Å². The molecule has 0 aromatic carbocycles. The highest BCUT2D eigenvalue weighted by Gasteiger charge is 2.00. The van der Waals surface area contributed by atoms with Crippen LogP contribution in [0.25, 0.3) is 0 Å². The highest BCUT2D eigenvalue weighted by Crippen LogP contribution is 2.05. The molecule has 0 amide bonds. The molecule has 0 fully saturated rings. The van der Waals surface area contributed by atoms with Crippen molar-refractivity contribution >= 4 is 11.8 Å². The quantitative estimate of drug-likeness (QED) is 0.693. The Hall–Kier alpha value is -0.900. The average molecular weight is 200 g/mol. The molecule has 1 aromatic heterocycles. The molecule has 1 rings (SSSR count). The molecule has 1 aromatic rings. The Kier molecular flexibility index (Phi) is 3.89. The van der Waals surface area contributed by atoms with E-state index in [4.69, 9.17) is 9.15 Å². The van der Waals surface area contributed by atoms with Crippen molar-refractivity contribution < 1.29 is 9.15 Å². The minimum absolute atomic E-state index is 0.121. The van der Waals surface area contributed by atoms with Crippen molar-refractivity contribution in [3.63, 3.8) is 0 Å². The first-order chi connectivity index (χ1) is 6.24. The standard InChI is InChI=1S/C9H12O3S/c1-7-5-8(10)9(6-12-7)11-3-4-13-2/h5-6H,3-4H2,1-2H3. The molecule has 0 aliphatic rings. The smallest absolute Gasteiger partial charge is 0.226 e. The van der Waals surface area contributed by atoms with Crippen LogP contribution >= 0.6 is 11.8 Å². The molecular weight excluding hydrogens is 188 g/mol. The third kappa shape index (κ3) is 3.14. The van der Waals surface area contributed by atoms with Crippen LogP contribution in [0.4, 0.5) is 0 Å². The number of thioether (sulfide) groups is 1. The van der Waals surface area contributed by atoms with Crippen molar-refractivity contribution in [3.8, 4) is 5.75 Å². The van der Waals surface area contributed by atoms with Gasteiger partial charge in [0.15, 0.2) is 0 Å². The van der Waals surface area contributed by atoms with Crippen molar-refractivity contribution in [2.75, 3.05) is 18.6 Å². The highest BCUT2D eigenvalue weighted by atomic mass is 32.2. The monoisotopic (exact) mass is 200 g/mol. The second kappa shape index (κ2) is 4.97. The molecule has 0 N–H and O–H groups in total. The molecular formula is C9H12O3S. The minimum Gasteiger partial charge on any atom is -0.486 e. The lowest BCUT2D eigenvalue weighted by Gasteiger charge is -2.02. The fourth-order valence-corrected chi connectivity index (χ4v) is 1.08. The van der Waals surface area contributed by atoms with Crippen molar-refractivity contribution in [3.05, 3.63) is 28.3 Å². The maximum atomic E-state index is 11.2. The van der Waals surface area contributed by atoms with E-state index < -0.39 is 0 Å². The van der Waals surface area contributed by atoms with Gasteiger partial charge < -0.3 is 9.15 Å². The van der Waals surface area contributed by atoms with Gasteiger partial charge in [-0.2, -0.15) is 11.8 Å². The fourth-order valence-electron chi connectivity index (χ4n) is 0.834. The lowest BCUT2D eigenvalue weighted by Crippen LogP contribution is -2.09. The van der Waals surface area contributed by atoms with E-state index in [9.17, 15) is 4.79 Å². The van der Waals surface area contributed by atoms with Crippen LogP contribution in [0, 0.1) is 6.92 Å². The Bertz CT molecular complexity index is 319. The van der Waals surface area contributed by atoms with Crippen LogP contribution in [0.1, 0.15) is 5.76 Å². The van der Waals surface area contributed by atoms with E-state index in [-0.39, 0.29) is 5.43 Å². The molecule has 0 spiro atoms. The van der Waals surface area contributed by atoms with Gasteiger partial charge in [0.05, 0.1) is 6.61 Å². The topological polar surface area (TPSA) is 39.4 Å². The van der Waals surface area contributed by atoms with E-state index in [1.165, 1.54) is 12.3 Å². The molecule has 0 radical (unpaired) electrons. The third-order valence-corrected chi connectivity index (χ3v) is 2.05. The predicted molar refractivity (Wildman–Crippen MR) is 53.6 cm³/mol. The largest absolute Gasteiger partial charge is 0.486 e. The minimum atomic E-state index is -0.121. The molecule has 0 aliphatic heterocycles. The summed E-state index contributed by atoms with van der Waals surface area (Å²) in [7, 11) is 0. The van der Waals surface area contributed by atoms with Crippen LogP contribution in [-0.4, -0.2) is 18.6 Å². The van der Waals surface area contributed by atoms with E-state index in [2.05, 4.69) is 0 Å². The maximum absolute atomic E-state index is 11.2. The van der Waals surface area contributed by atoms with Crippen LogP contribution in [0.15, 0.2) is 21.5 Å². The summed E-state index contributed by atoms with van der Waals surface area (Å²) >= 11 is 1.67. The molecule has 0 saturated carbocycles. The summed E-state index contributed by atoms with van der Waals surface area (Å²) in [5.74, 6) is 1.76. The van der Waals surface area contributed by atoms with Crippen molar-refractivity contribution in [1.82, 2.24) is 0 Å². The van der Waals surface area contributed by atoms with E-state index >= 15 is 0 Å². The predicted octanol–water partition coefficient (Wildman–Crippen LogP) is 1.69. The number of hydrogen-bond donors (Lipinski definition) is 0. The normalized spacial score (nSPS) is 10.0. The molecule has 0 unspecified atom stereocenters. The lowest BCUT2D eigenvalue weighted by molar-refractivity contribution is 0.324. The molecule has 3 nitrogen and oxygen atoms in total. The summed E-state index contributed by atoms with van der Waals surface area (Å²) in [5, 5.41) is 0. The second-order valence-electron chi connectivity index (χ2n) is 2.56. The lowest BCUT2D eigenvalue weighted by atomic mass is 10.4. The molecule has 4 heteroatoms. The third-order valence-electron chi connectivity index (χ3n) is 1.47. The van der Waals surface area contributed by atoms with Crippen molar-refractivity contribution in [1.29, 1.82) is 0 Å². The van der Waals surface area contributed by atoms with Crippen LogP contribution in [-0.2, 0) is 0 Å². The second-order valence-corrected chi connectivity index (χ2v) is 3.55. The van der Waals surface area contributed by atoms with Gasteiger partial charge in [-0.15, -0.1) is 0 Å². The van der Waals surface area contributed by atoms with Gasteiger partial charge in [-0.3, -0.25) is 4.79 Å². The van der Waals surface area contributed by atoms with E-state index in [1.807, 2.05) is 6.26 Å². The Balaban J connectivity index is 2.62. The van der Waals surface area contributed by atoms with Gasteiger partial charge in [0.25, 0.3) is 0 Å². The van der Waals surface area contributed by atoms with Crippen LogP contribution in [0.5, 0.6) is 5.75 Å². The van der Waals surface area contributed by atoms with Crippen LogP contribution in [0.3, 0.4) is 0 Å². The average Bonchev–Trinajstić information content (AvgIpc) is 2.09. The Labute approximate surface area is 81.1 Å². The van der Waals surface area contributed by atoms with Crippen LogP contribution in [0.2, 0.25) is 0 Å². The fraction of sp³-hybridized carbons (Fsp3) is 0.444. The molecule has 0 aliphatic carbocycles. The van der Waals surface area contributed by atoms with Gasteiger partial charge in [-0.25, -0.2) is 0 Å². The molecule has 0 atom stereocenters. The zero-order valence-electron chi connectivity index (χ0n) is 7.70. The van der Waals surface area contributed by atoms with Gasteiger partial charge >= 0.3 is 0 Å². The zero-order valence-corrected chi connectivity index (χ0v) is 8.52. The molecule has 0 bridgehead atoms. The zero-order chi connectivity index (χ0) is 9.68. The highest BCUT2D eigenvalue weighted by molar-refractivity contribution is 7.98. The SMILES string of the molecule is CSCCOc1coc(C)cc1=O. The Morgan fingerprint density at radius 1 is 1.62 bits per heavy atom. The summed E-state index contributed by atoms with van der Waals surface area (Å²) in [6, 6.07) is 1.43. The van der Waals surface area contributed by atoms with Crippen LogP contribution < -0.4 is 10.2 Å². The van der Waals surface area contributed by atoms with Gasteiger partial charge in [0, 0.05) is 11.8 Å².